The van der Waals surface area contributed by atoms with Gasteiger partial charge in [-0.05, 0) is 46.8 Å². The van der Waals surface area contributed by atoms with Gasteiger partial charge in [0.2, 0.25) is 5.91 Å². The number of amides is 2. The maximum atomic E-state index is 13.3. The summed E-state index contributed by atoms with van der Waals surface area (Å²) in [5.41, 5.74) is 0.245. The van der Waals surface area contributed by atoms with Crippen LogP contribution in [0.25, 0.3) is 0 Å². The topological polar surface area (TPSA) is 66.5 Å². The lowest BCUT2D eigenvalue weighted by Crippen LogP contribution is -2.40. The largest absolute Gasteiger partial charge is 0.354 e. The molecule has 2 amide bonds. The molecule has 1 heterocycles. The zero-order chi connectivity index (χ0) is 15.1. The SMILES string of the molecule is O=C(CN1C(=O)C(=O)c2cc(F)cc(Br)c21)NCC1CC1. The smallest absolute Gasteiger partial charge is 0.299 e. The quantitative estimate of drug-likeness (QED) is 0.836. The molecule has 0 aromatic heterocycles. The summed E-state index contributed by atoms with van der Waals surface area (Å²) in [6.45, 7) is 0.348. The lowest BCUT2D eigenvalue weighted by molar-refractivity contribution is -0.122. The van der Waals surface area contributed by atoms with Crippen molar-refractivity contribution >= 4 is 39.2 Å². The maximum Gasteiger partial charge on any atom is 0.299 e. The predicted molar refractivity (Wildman–Crippen MR) is 76.5 cm³/mol. The third-order valence-corrected chi connectivity index (χ3v) is 4.17. The van der Waals surface area contributed by atoms with Crippen molar-refractivity contribution in [2.24, 2.45) is 5.92 Å². The fourth-order valence-electron chi connectivity index (χ4n) is 2.28. The Balaban J connectivity index is 1.81. The van der Waals surface area contributed by atoms with Crippen LogP contribution in [0.1, 0.15) is 23.2 Å². The minimum atomic E-state index is -0.808. The van der Waals surface area contributed by atoms with Gasteiger partial charge < -0.3 is 5.32 Å². The van der Waals surface area contributed by atoms with Gasteiger partial charge in [0, 0.05) is 11.0 Å². The van der Waals surface area contributed by atoms with E-state index in [1.807, 2.05) is 0 Å². The van der Waals surface area contributed by atoms with Crippen LogP contribution in [0.3, 0.4) is 0 Å². The van der Waals surface area contributed by atoms with Gasteiger partial charge in [-0.2, -0.15) is 0 Å². The molecule has 3 rings (SSSR count). The molecule has 0 saturated heterocycles. The number of benzene rings is 1. The molecule has 5 nitrogen and oxygen atoms in total. The number of Topliss-reactive ketones (excluding diaryl/α,β-unsaturated/α-hetero) is 1. The van der Waals surface area contributed by atoms with Crippen LogP contribution in [0.2, 0.25) is 0 Å². The highest BCUT2D eigenvalue weighted by Gasteiger charge is 2.39. The Morgan fingerprint density at radius 2 is 2.10 bits per heavy atom. The van der Waals surface area contributed by atoms with Gasteiger partial charge in [-0.1, -0.05) is 0 Å². The summed E-state index contributed by atoms with van der Waals surface area (Å²) in [5, 5.41) is 2.74. The molecule has 110 valence electrons. The maximum absolute atomic E-state index is 13.3. The molecule has 0 bridgehead atoms. The Kier molecular flexibility index (Phi) is 3.52. The van der Waals surface area contributed by atoms with Gasteiger partial charge in [0.05, 0.1) is 11.3 Å². The van der Waals surface area contributed by atoms with E-state index in [1.54, 1.807) is 0 Å². The fourth-order valence-corrected chi connectivity index (χ4v) is 2.93. The first-order chi connectivity index (χ1) is 9.97. The summed E-state index contributed by atoms with van der Waals surface area (Å²) in [6.07, 6.45) is 2.21. The van der Waals surface area contributed by atoms with Crippen molar-refractivity contribution in [2.75, 3.05) is 18.0 Å². The molecule has 1 saturated carbocycles. The predicted octanol–water partition coefficient (Wildman–Crippen LogP) is 1.64. The van der Waals surface area contributed by atoms with E-state index in [4.69, 9.17) is 0 Å². The van der Waals surface area contributed by atoms with Gasteiger partial charge in [-0.25, -0.2) is 4.39 Å². The van der Waals surface area contributed by atoms with Crippen molar-refractivity contribution in [2.45, 2.75) is 12.8 Å². The van der Waals surface area contributed by atoms with Gasteiger partial charge in [0.25, 0.3) is 11.7 Å². The summed E-state index contributed by atoms with van der Waals surface area (Å²) in [7, 11) is 0. The average molecular weight is 355 g/mol. The first kappa shape index (κ1) is 14.2. The number of hydrogen-bond acceptors (Lipinski definition) is 3. The number of fused-ring (bicyclic) bond motifs is 1. The van der Waals surface area contributed by atoms with Gasteiger partial charge in [0.1, 0.15) is 12.4 Å². The first-order valence-corrected chi connectivity index (χ1v) is 7.38. The van der Waals surface area contributed by atoms with Gasteiger partial charge >= 0.3 is 0 Å². The van der Waals surface area contributed by atoms with Crippen LogP contribution in [0, 0.1) is 11.7 Å². The van der Waals surface area contributed by atoms with Crippen LogP contribution >= 0.6 is 15.9 Å². The Morgan fingerprint density at radius 1 is 1.38 bits per heavy atom. The molecule has 0 atom stereocenters. The third-order valence-electron chi connectivity index (χ3n) is 3.57. The van der Waals surface area contributed by atoms with E-state index in [9.17, 15) is 18.8 Å². The fraction of sp³-hybridized carbons (Fsp3) is 0.357. The van der Waals surface area contributed by atoms with E-state index in [-0.39, 0.29) is 28.2 Å². The van der Waals surface area contributed by atoms with Crippen molar-refractivity contribution in [3.05, 3.63) is 28.0 Å². The van der Waals surface area contributed by atoms with Crippen LogP contribution in [-0.4, -0.2) is 30.7 Å². The monoisotopic (exact) mass is 354 g/mol. The van der Waals surface area contributed by atoms with E-state index < -0.39 is 17.5 Å². The number of nitrogens with zero attached hydrogens (tertiary/aromatic N) is 1. The molecule has 21 heavy (non-hydrogen) atoms. The molecular weight excluding hydrogens is 343 g/mol. The molecule has 2 aliphatic rings. The Morgan fingerprint density at radius 3 is 2.76 bits per heavy atom. The second-order valence-corrected chi connectivity index (χ2v) is 6.11. The van der Waals surface area contributed by atoms with Crippen molar-refractivity contribution in [1.82, 2.24) is 5.32 Å². The molecule has 1 aromatic rings. The highest BCUT2D eigenvalue weighted by atomic mass is 79.9. The normalized spacial score (nSPS) is 17.1. The highest BCUT2D eigenvalue weighted by Crippen LogP contribution is 2.36. The highest BCUT2D eigenvalue weighted by molar-refractivity contribution is 9.10. The average Bonchev–Trinajstić information content (AvgIpc) is 3.21. The first-order valence-electron chi connectivity index (χ1n) is 6.59. The Labute approximate surface area is 128 Å². The lowest BCUT2D eigenvalue weighted by Gasteiger charge is -2.17. The van der Waals surface area contributed by atoms with E-state index >= 15 is 0 Å². The van der Waals surface area contributed by atoms with E-state index in [1.165, 1.54) is 6.07 Å². The van der Waals surface area contributed by atoms with Crippen LogP contribution in [0.4, 0.5) is 10.1 Å². The Bertz CT molecular complexity index is 658. The molecule has 1 fully saturated rings. The van der Waals surface area contributed by atoms with Crippen LogP contribution in [0.5, 0.6) is 0 Å². The number of anilines is 1. The van der Waals surface area contributed by atoms with Crippen molar-refractivity contribution < 1.29 is 18.8 Å². The molecule has 1 aliphatic heterocycles. The number of ketones is 1. The number of carbonyl (C=O) groups is 3. The molecule has 1 N–H and O–H groups in total. The number of halogens is 2. The lowest BCUT2D eigenvalue weighted by atomic mass is 10.1. The second-order valence-electron chi connectivity index (χ2n) is 5.25. The molecule has 1 aliphatic carbocycles. The summed E-state index contributed by atoms with van der Waals surface area (Å²) in [5.74, 6) is -2.01. The van der Waals surface area contributed by atoms with Crippen molar-refractivity contribution in [1.29, 1.82) is 0 Å². The molecule has 0 unspecified atom stereocenters. The minimum Gasteiger partial charge on any atom is -0.354 e. The van der Waals surface area contributed by atoms with Gasteiger partial charge in [-0.3, -0.25) is 19.3 Å². The molecule has 0 radical (unpaired) electrons. The zero-order valence-corrected chi connectivity index (χ0v) is 12.6. The number of hydrogen-bond donors (Lipinski definition) is 1. The van der Waals surface area contributed by atoms with Gasteiger partial charge in [-0.15, -0.1) is 0 Å². The molecular formula is C14H12BrFN2O3. The standard InChI is InChI=1S/C14H12BrFN2O3/c15-10-4-8(16)3-9-12(10)18(14(21)13(9)20)6-11(19)17-5-7-1-2-7/h3-4,7H,1-2,5-6H2,(H,17,19). The van der Waals surface area contributed by atoms with E-state index in [2.05, 4.69) is 21.2 Å². The second kappa shape index (κ2) is 5.22. The van der Waals surface area contributed by atoms with Crippen LogP contribution < -0.4 is 10.2 Å². The van der Waals surface area contributed by atoms with Crippen molar-refractivity contribution in [3.63, 3.8) is 0 Å². The van der Waals surface area contributed by atoms with Crippen LogP contribution in [-0.2, 0) is 9.59 Å². The molecule has 0 spiro atoms. The Hall–Kier alpha value is -1.76. The summed E-state index contributed by atoms with van der Waals surface area (Å²) in [4.78, 5) is 36.8. The van der Waals surface area contributed by atoms with Gasteiger partial charge in [0.15, 0.2) is 0 Å². The van der Waals surface area contributed by atoms with Crippen molar-refractivity contribution in [3.8, 4) is 0 Å². The summed E-state index contributed by atoms with van der Waals surface area (Å²) >= 11 is 3.14. The molecule has 7 heteroatoms. The minimum absolute atomic E-state index is 0.0122. The number of nitrogens with one attached hydrogen (secondary N) is 1. The summed E-state index contributed by atoms with van der Waals surface area (Å²) < 4.78 is 13.6. The molecule has 1 aromatic carbocycles. The zero-order valence-electron chi connectivity index (χ0n) is 11.0. The third kappa shape index (κ3) is 2.70. The van der Waals surface area contributed by atoms with E-state index in [0.717, 1.165) is 23.8 Å². The number of rotatable bonds is 4. The van der Waals surface area contributed by atoms with E-state index in [0.29, 0.717) is 12.5 Å². The number of carbonyl (C=O) groups excluding carboxylic acids is 3. The van der Waals surface area contributed by atoms with Crippen LogP contribution in [0.15, 0.2) is 16.6 Å². The summed E-state index contributed by atoms with van der Waals surface area (Å²) in [6, 6.07) is 2.18.